The van der Waals surface area contributed by atoms with E-state index in [1.54, 1.807) is 0 Å². The molecule has 0 spiro atoms. The van der Waals surface area contributed by atoms with Crippen LogP contribution in [0.15, 0.2) is 121 Å². The molecule has 0 fully saturated rings. The Bertz CT molecular complexity index is 1880. The fraction of sp³-hybridized carbons (Fsp3) is 0.0811. The minimum Gasteiger partial charge on any atom is -0.0622 e. The van der Waals surface area contributed by atoms with Crippen molar-refractivity contribution in [3.63, 3.8) is 0 Å². The van der Waals surface area contributed by atoms with E-state index in [9.17, 15) is 0 Å². The molecule has 0 aliphatic heterocycles. The van der Waals surface area contributed by atoms with Crippen molar-refractivity contribution in [1.82, 2.24) is 0 Å². The number of hydrogen-bond donors (Lipinski definition) is 0. The lowest BCUT2D eigenvalue weighted by atomic mass is 9.81. The molecule has 5 aromatic carbocycles. The maximum Gasteiger partial charge on any atom is 0.0318 e. The SMILES string of the molecule is CC1=Cc2cc(C)ccc2C1c1c2c(ccc1=C(c1ccccc1)c1ccccc1)=c1ccccc1=[C]2. The molecule has 1 radical (unpaired) electrons. The Kier molecular flexibility index (Phi) is 5.08. The first-order valence-electron chi connectivity index (χ1n) is 13.0. The third-order valence-electron chi connectivity index (χ3n) is 7.80. The van der Waals surface area contributed by atoms with Gasteiger partial charge >= 0.3 is 0 Å². The van der Waals surface area contributed by atoms with Crippen molar-refractivity contribution in [2.75, 3.05) is 0 Å². The van der Waals surface area contributed by atoms with Crippen molar-refractivity contribution in [1.29, 1.82) is 0 Å². The van der Waals surface area contributed by atoms with Gasteiger partial charge in [-0.2, -0.15) is 0 Å². The highest BCUT2D eigenvalue weighted by Gasteiger charge is 2.29. The highest BCUT2D eigenvalue weighted by molar-refractivity contribution is 5.82. The standard InChI is InChI=1S/C37H27/c1-24-17-18-31-29(21-24)22-25(2)35(31)37-33(20-19-32-30-16-10-9-15-28(30)23-34(32)37)36(26-11-5-3-6-12-26)27-13-7-4-8-14-27/h3-22,35H,1-2H3. The summed E-state index contributed by atoms with van der Waals surface area (Å²) in [7, 11) is 0. The normalized spacial score (nSPS) is 14.9. The molecule has 0 bridgehead atoms. The summed E-state index contributed by atoms with van der Waals surface area (Å²) in [6, 6.07) is 41.9. The fourth-order valence-corrected chi connectivity index (χ4v) is 6.18. The van der Waals surface area contributed by atoms with E-state index >= 15 is 0 Å². The summed E-state index contributed by atoms with van der Waals surface area (Å²) in [6.45, 7) is 4.47. The predicted molar refractivity (Wildman–Crippen MR) is 153 cm³/mol. The van der Waals surface area contributed by atoms with Gasteiger partial charge in [0, 0.05) is 5.92 Å². The Morgan fingerprint density at radius 2 is 1.32 bits per heavy atom. The molecule has 175 valence electrons. The van der Waals surface area contributed by atoms with Gasteiger partial charge in [0.1, 0.15) is 0 Å². The summed E-state index contributed by atoms with van der Waals surface area (Å²) < 4.78 is 0. The highest BCUT2D eigenvalue weighted by atomic mass is 14.3. The van der Waals surface area contributed by atoms with Crippen LogP contribution in [0.3, 0.4) is 0 Å². The Morgan fingerprint density at radius 1 is 0.649 bits per heavy atom. The number of allylic oxidation sites excluding steroid dienone is 1. The molecular weight excluding hydrogens is 444 g/mol. The van der Waals surface area contributed by atoms with Crippen LogP contribution in [-0.4, -0.2) is 0 Å². The van der Waals surface area contributed by atoms with Gasteiger partial charge in [-0.05, 0) is 79.8 Å². The number of hydrogen-bond acceptors (Lipinski definition) is 0. The summed E-state index contributed by atoms with van der Waals surface area (Å²) >= 11 is 0. The van der Waals surface area contributed by atoms with Gasteiger partial charge in [0.25, 0.3) is 0 Å². The Labute approximate surface area is 217 Å². The molecule has 5 aromatic rings. The number of benzene rings is 5. The second-order valence-corrected chi connectivity index (χ2v) is 10.2. The van der Waals surface area contributed by atoms with Crippen LogP contribution in [-0.2, 0) is 0 Å². The van der Waals surface area contributed by atoms with E-state index in [4.69, 9.17) is 0 Å². The van der Waals surface area contributed by atoms with Gasteiger partial charge in [-0.3, -0.25) is 0 Å². The average Bonchev–Trinajstić information content (AvgIpc) is 3.46. The van der Waals surface area contributed by atoms with Gasteiger partial charge in [0.2, 0.25) is 0 Å². The molecule has 0 heterocycles. The maximum absolute atomic E-state index is 3.84. The van der Waals surface area contributed by atoms with Gasteiger partial charge in [-0.25, -0.2) is 0 Å². The Hall–Kier alpha value is -4.42. The van der Waals surface area contributed by atoms with Crippen LogP contribution in [0, 0.1) is 17.4 Å². The van der Waals surface area contributed by atoms with Gasteiger partial charge in [-0.15, -0.1) is 0 Å². The van der Waals surface area contributed by atoms with Crippen molar-refractivity contribution in [2.45, 2.75) is 19.8 Å². The topological polar surface area (TPSA) is 0 Å². The lowest BCUT2D eigenvalue weighted by Gasteiger charge is -2.21. The molecule has 37 heavy (non-hydrogen) atoms. The summed E-state index contributed by atoms with van der Waals surface area (Å²) in [5.74, 6) is 0.185. The number of rotatable bonds is 3. The molecule has 0 saturated carbocycles. The van der Waals surface area contributed by atoms with Crippen LogP contribution < -0.4 is 10.4 Å². The molecule has 0 N–H and O–H groups in total. The monoisotopic (exact) mass is 471 g/mol. The molecule has 7 rings (SSSR count). The van der Waals surface area contributed by atoms with E-state index in [-0.39, 0.29) is 5.92 Å². The first-order chi connectivity index (χ1) is 18.2. The molecule has 0 aromatic heterocycles. The molecule has 2 aliphatic rings. The second kappa shape index (κ2) is 8.61. The molecule has 2 aliphatic carbocycles. The first kappa shape index (κ1) is 21.8. The Balaban J connectivity index is 1.68. The lowest BCUT2D eigenvalue weighted by molar-refractivity contribution is 0.958. The molecule has 0 nitrogen and oxygen atoms in total. The number of fused-ring (bicyclic) bond motifs is 3. The molecule has 0 saturated heterocycles. The van der Waals surface area contributed by atoms with Crippen molar-refractivity contribution in [3.8, 4) is 0 Å². The zero-order valence-electron chi connectivity index (χ0n) is 21.1. The van der Waals surface area contributed by atoms with E-state index in [0.717, 1.165) is 0 Å². The summed E-state index contributed by atoms with van der Waals surface area (Å²) in [4.78, 5) is 0. The highest BCUT2D eigenvalue weighted by Crippen LogP contribution is 2.42. The fourth-order valence-electron chi connectivity index (χ4n) is 6.18. The van der Waals surface area contributed by atoms with Crippen LogP contribution in [0.2, 0.25) is 0 Å². The van der Waals surface area contributed by atoms with Crippen LogP contribution in [0.4, 0.5) is 0 Å². The lowest BCUT2D eigenvalue weighted by Crippen LogP contribution is -2.20. The minimum atomic E-state index is 0.185. The second-order valence-electron chi connectivity index (χ2n) is 10.2. The molecule has 0 heteroatoms. The summed E-state index contributed by atoms with van der Waals surface area (Å²) in [6.07, 6.45) is 6.22. The van der Waals surface area contributed by atoms with Crippen molar-refractivity contribution in [3.05, 3.63) is 181 Å². The van der Waals surface area contributed by atoms with Gasteiger partial charge in [0.15, 0.2) is 0 Å². The molecular formula is C37H27. The van der Waals surface area contributed by atoms with Gasteiger partial charge in [0.05, 0.1) is 0 Å². The van der Waals surface area contributed by atoms with Crippen LogP contribution in [0.1, 0.15) is 51.8 Å². The van der Waals surface area contributed by atoms with Crippen LogP contribution in [0.25, 0.3) is 17.7 Å². The van der Waals surface area contributed by atoms with E-state index in [0.29, 0.717) is 0 Å². The number of aryl methyl sites for hydroxylation is 1. The van der Waals surface area contributed by atoms with E-state index in [1.807, 2.05) is 0 Å². The average molecular weight is 472 g/mol. The smallest absolute Gasteiger partial charge is 0.0318 e. The predicted octanol–water partition coefficient (Wildman–Crippen LogP) is 7.10. The van der Waals surface area contributed by atoms with E-state index < -0.39 is 0 Å². The summed E-state index contributed by atoms with van der Waals surface area (Å²) in [5.41, 5.74) is 11.7. The van der Waals surface area contributed by atoms with Crippen molar-refractivity contribution >= 4 is 17.7 Å². The first-order valence-corrected chi connectivity index (χ1v) is 13.0. The third-order valence-corrected chi connectivity index (χ3v) is 7.80. The zero-order chi connectivity index (χ0) is 24.9. The molecule has 0 amide bonds. The molecule has 1 unspecified atom stereocenters. The van der Waals surface area contributed by atoms with E-state index in [2.05, 4.69) is 141 Å². The third kappa shape index (κ3) is 3.52. The Morgan fingerprint density at radius 3 is 2.05 bits per heavy atom. The largest absolute Gasteiger partial charge is 0.0622 e. The van der Waals surface area contributed by atoms with Crippen LogP contribution >= 0.6 is 0 Å². The zero-order valence-corrected chi connectivity index (χ0v) is 21.1. The maximum atomic E-state index is 3.84. The van der Waals surface area contributed by atoms with Crippen molar-refractivity contribution < 1.29 is 0 Å². The summed E-state index contributed by atoms with van der Waals surface area (Å²) in [5, 5.41) is 5.02. The quantitative estimate of drug-likeness (QED) is 0.258. The van der Waals surface area contributed by atoms with Crippen molar-refractivity contribution in [2.24, 2.45) is 0 Å². The van der Waals surface area contributed by atoms with Gasteiger partial charge in [-0.1, -0.05) is 132 Å². The van der Waals surface area contributed by atoms with Crippen LogP contribution in [0.5, 0.6) is 0 Å². The van der Waals surface area contributed by atoms with Gasteiger partial charge < -0.3 is 0 Å². The van der Waals surface area contributed by atoms with E-state index in [1.165, 1.54) is 71.0 Å². The minimum absolute atomic E-state index is 0.185. The molecule has 1 atom stereocenters.